The van der Waals surface area contributed by atoms with Crippen LogP contribution in [0.25, 0.3) is 0 Å². The van der Waals surface area contributed by atoms with Gasteiger partial charge in [0.1, 0.15) is 0 Å². The summed E-state index contributed by atoms with van der Waals surface area (Å²) in [6, 6.07) is -0.836. The molecular weight excluding hydrogens is 232 g/mol. The normalized spacial score (nSPS) is 21.2. The second-order valence-corrected chi connectivity index (χ2v) is 3.56. The molecule has 0 unspecified atom stereocenters. The van der Waals surface area contributed by atoms with Gasteiger partial charge in [0.2, 0.25) is 5.54 Å². The fraction of sp³-hybridized carbons (Fsp3) is 0.500. The van der Waals surface area contributed by atoms with E-state index >= 15 is 0 Å². The van der Waals surface area contributed by atoms with E-state index in [0.717, 1.165) is 21.0 Å². The van der Waals surface area contributed by atoms with Gasteiger partial charge in [-0.25, -0.2) is 4.79 Å². The number of barbiturate groups is 1. The molecule has 0 radical (unpaired) electrons. The Morgan fingerprint density at radius 3 is 1.94 bits per heavy atom. The number of imide groups is 2. The summed E-state index contributed by atoms with van der Waals surface area (Å²) in [7, 11) is 2.29. The number of nitrogens with one attached hydrogen (secondary N) is 1. The fourth-order valence-electron chi connectivity index (χ4n) is 1.55. The number of urea groups is 1. The highest BCUT2D eigenvalue weighted by atomic mass is 16.5. The molecule has 1 saturated heterocycles. The molecule has 0 aliphatic carbocycles. The van der Waals surface area contributed by atoms with E-state index in [1.807, 2.05) is 0 Å². The number of oxime groups is 1. The van der Waals surface area contributed by atoms with Crippen LogP contribution in [0.15, 0.2) is 5.16 Å². The van der Waals surface area contributed by atoms with Crippen LogP contribution in [0.1, 0.15) is 6.92 Å². The standard InChI is InChI=1S/C8H12N4O5/c1-4(9-16)8(10-17)5(13)11(2)7(15)12(3)6(8)14/h10,16-17H,1-3H3/b9-4+. The van der Waals surface area contributed by atoms with Gasteiger partial charge in [0.15, 0.2) is 0 Å². The van der Waals surface area contributed by atoms with Crippen molar-refractivity contribution < 1.29 is 24.8 Å². The molecule has 1 fully saturated rings. The van der Waals surface area contributed by atoms with Crippen molar-refractivity contribution in [2.75, 3.05) is 14.1 Å². The van der Waals surface area contributed by atoms with Crippen LogP contribution in [0.3, 0.4) is 0 Å². The van der Waals surface area contributed by atoms with Crippen LogP contribution in [0.4, 0.5) is 4.79 Å². The van der Waals surface area contributed by atoms with Crippen LogP contribution in [-0.4, -0.2) is 63.4 Å². The third-order valence-corrected chi connectivity index (χ3v) is 2.69. The average Bonchev–Trinajstić information content (AvgIpc) is 2.35. The molecule has 4 amide bonds. The third-order valence-electron chi connectivity index (χ3n) is 2.69. The molecule has 0 spiro atoms. The van der Waals surface area contributed by atoms with Crippen molar-refractivity contribution in [2.24, 2.45) is 5.16 Å². The van der Waals surface area contributed by atoms with E-state index in [4.69, 9.17) is 10.4 Å². The monoisotopic (exact) mass is 244 g/mol. The lowest BCUT2D eigenvalue weighted by Gasteiger charge is -2.39. The van der Waals surface area contributed by atoms with Crippen LogP contribution in [0.2, 0.25) is 0 Å². The van der Waals surface area contributed by atoms with Crippen molar-refractivity contribution in [2.45, 2.75) is 12.5 Å². The molecule has 17 heavy (non-hydrogen) atoms. The lowest BCUT2D eigenvalue weighted by molar-refractivity contribution is -0.152. The van der Waals surface area contributed by atoms with E-state index in [9.17, 15) is 14.4 Å². The second kappa shape index (κ2) is 4.11. The Labute approximate surface area is 96.2 Å². The highest BCUT2D eigenvalue weighted by Gasteiger charge is 2.58. The lowest BCUT2D eigenvalue weighted by Crippen LogP contribution is -2.74. The largest absolute Gasteiger partial charge is 0.411 e. The molecule has 1 rings (SSSR count). The number of hydrogen-bond donors (Lipinski definition) is 3. The Morgan fingerprint density at radius 1 is 1.24 bits per heavy atom. The maximum atomic E-state index is 11.9. The van der Waals surface area contributed by atoms with E-state index in [2.05, 4.69) is 5.16 Å². The molecular formula is C8H12N4O5. The first kappa shape index (κ1) is 13.1. The van der Waals surface area contributed by atoms with Crippen LogP contribution >= 0.6 is 0 Å². The maximum Gasteiger partial charge on any atom is 0.333 e. The van der Waals surface area contributed by atoms with Crippen molar-refractivity contribution in [1.29, 1.82) is 0 Å². The van der Waals surface area contributed by atoms with Crippen molar-refractivity contribution >= 4 is 23.6 Å². The van der Waals surface area contributed by atoms with Crippen molar-refractivity contribution in [3.63, 3.8) is 0 Å². The van der Waals surface area contributed by atoms with E-state index in [-0.39, 0.29) is 5.71 Å². The van der Waals surface area contributed by atoms with E-state index in [1.54, 1.807) is 0 Å². The number of nitrogens with zero attached hydrogens (tertiary/aromatic N) is 3. The highest BCUT2D eigenvalue weighted by molar-refractivity contribution is 6.35. The predicted molar refractivity (Wildman–Crippen MR) is 53.5 cm³/mol. The molecule has 0 bridgehead atoms. The van der Waals surface area contributed by atoms with Crippen LogP contribution < -0.4 is 5.48 Å². The van der Waals surface area contributed by atoms with Gasteiger partial charge in [-0.1, -0.05) is 5.16 Å². The van der Waals surface area contributed by atoms with Crippen LogP contribution in [0, 0.1) is 0 Å². The summed E-state index contributed by atoms with van der Waals surface area (Å²) in [6.45, 7) is 1.16. The topological polar surface area (TPSA) is 123 Å². The number of hydroxylamine groups is 1. The zero-order chi connectivity index (χ0) is 13.4. The lowest BCUT2D eigenvalue weighted by atomic mass is 9.90. The molecule has 0 aromatic heterocycles. The minimum atomic E-state index is -2.27. The fourth-order valence-corrected chi connectivity index (χ4v) is 1.55. The van der Waals surface area contributed by atoms with Gasteiger partial charge in [-0.2, -0.15) is 5.48 Å². The van der Waals surface area contributed by atoms with Gasteiger partial charge < -0.3 is 10.4 Å². The number of rotatable bonds is 2. The van der Waals surface area contributed by atoms with E-state index in [1.165, 1.54) is 5.48 Å². The highest BCUT2D eigenvalue weighted by Crippen LogP contribution is 2.21. The minimum absolute atomic E-state index is 0.374. The first-order valence-corrected chi connectivity index (χ1v) is 4.55. The van der Waals surface area contributed by atoms with Gasteiger partial charge in [0.05, 0.1) is 5.71 Å². The quantitative estimate of drug-likeness (QED) is 0.238. The maximum absolute atomic E-state index is 11.9. The molecule has 1 aliphatic heterocycles. The summed E-state index contributed by atoms with van der Waals surface area (Å²) >= 11 is 0. The first-order chi connectivity index (χ1) is 7.84. The van der Waals surface area contributed by atoms with Gasteiger partial charge in [0.25, 0.3) is 11.8 Å². The number of carbonyl (C=O) groups excluding carboxylic acids is 3. The molecule has 0 saturated carbocycles. The summed E-state index contributed by atoms with van der Waals surface area (Å²) in [4.78, 5) is 36.5. The van der Waals surface area contributed by atoms with Gasteiger partial charge in [-0.15, -0.1) is 0 Å². The number of amides is 4. The summed E-state index contributed by atoms with van der Waals surface area (Å²) in [5.41, 5.74) is -1.12. The number of hydrogen-bond acceptors (Lipinski definition) is 7. The van der Waals surface area contributed by atoms with E-state index in [0.29, 0.717) is 9.80 Å². The van der Waals surface area contributed by atoms with Crippen molar-refractivity contribution in [3.8, 4) is 0 Å². The van der Waals surface area contributed by atoms with Crippen molar-refractivity contribution in [1.82, 2.24) is 15.3 Å². The van der Waals surface area contributed by atoms with Gasteiger partial charge in [-0.05, 0) is 6.92 Å². The zero-order valence-corrected chi connectivity index (χ0v) is 9.46. The molecule has 94 valence electrons. The zero-order valence-electron chi connectivity index (χ0n) is 9.46. The molecule has 1 aliphatic rings. The Bertz CT molecular complexity index is 394. The molecule has 0 aromatic carbocycles. The molecule has 9 heteroatoms. The SMILES string of the molecule is C/C(=N\O)C1(NO)C(=O)N(C)C(=O)N(C)C1=O. The number of likely N-dealkylation sites (N-methyl/N-ethyl adjacent to an activating group) is 2. The second-order valence-electron chi connectivity index (χ2n) is 3.56. The predicted octanol–water partition coefficient (Wildman–Crippen LogP) is -1.40. The summed E-state index contributed by atoms with van der Waals surface area (Å²) < 4.78 is 0. The first-order valence-electron chi connectivity index (χ1n) is 4.55. The van der Waals surface area contributed by atoms with Crippen LogP contribution in [-0.2, 0) is 9.59 Å². The Kier molecular flexibility index (Phi) is 3.16. The Balaban J connectivity index is 3.43. The Morgan fingerprint density at radius 2 is 1.65 bits per heavy atom. The third kappa shape index (κ3) is 1.47. The van der Waals surface area contributed by atoms with E-state index < -0.39 is 23.4 Å². The smallest absolute Gasteiger partial charge is 0.333 e. The summed E-state index contributed by atoms with van der Waals surface area (Å²) in [5, 5.41) is 20.5. The van der Waals surface area contributed by atoms with Crippen molar-refractivity contribution in [3.05, 3.63) is 0 Å². The molecule has 1 heterocycles. The molecule has 0 atom stereocenters. The average molecular weight is 244 g/mol. The van der Waals surface area contributed by atoms with Gasteiger partial charge in [0, 0.05) is 14.1 Å². The minimum Gasteiger partial charge on any atom is -0.411 e. The van der Waals surface area contributed by atoms with Crippen LogP contribution in [0.5, 0.6) is 0 Å². The summed E-state index contributed by atoms with van der Waals surface area (Å²) in [6.07, 6.45) is 0. The Hall–Kier alpha value is -2.00. The molecule has 0 aromatic rings. The van der Waals surface area contributed by atoms with Gasteiger partial charge >= 0.3 is 6.03 Å². The van der Waals surface area contributed by atoms with Gasteiger partial charge in [-0.3, -0.25) is 19.4 Å². The number of carbonyl (C=O) groups is 3. The molecule has 3 N–H and O–H groups in total. The molecule has 9 nitrogen and oxygen atoms in total. The summed E-state index contributed by atoms with van der Waals surface area (Å²) in [5.74, 6) is -2.05.